The van der Waals surface area contributed by atoms with Crippen LogP contribution in [-0.4, -0.2) is 17.1 Å². The molecule has 0 saturated carbocycles. The van der Waals surface area contributed by atoms with Crippen LogP contribution < -0.4 is 20.7 Å². The Balaban J connectivity index is 2.40. The van der Waals surface area contributed by atoms with Gasteiger partial charge < -0.3 is 14.9 Å². The van der Waals surface area contributed by atoms with Crippen molar-refractivity contribution in [3.8, 4) is 17.4 Å². The highest BCUT2D eigenvalue weighted by atomic mass is 79.9. The van der Waals surface area contributed by atoms with Crippen LogP contribution in [0.4, 0.5) is 5.82 Å². The van der Waals surface area contributed by atoms with Crippen molar-refractivity contribution in [2.45, 2.75) is 6.92 Å². The molecular weight excluding hydrogens is 312 g/mol. The zero-order chi connectivity index (χ0) is 13.8. The van der Waals surface area contributed by atoms with Crippen molar-refractivity contribution in [3.63, 3.8) is 0 Å². The fraction of sp³-hybridized carbons (Fsp3) is 0.167. The molecule has 0 amide bonds. The monoisotopic (exact) mass is 324 g/mol. The molecule has 1 aromatic carbocycles. The number of nitrogens with one attached hydrogen (secondary N) is 1. The maximum Gasteiger partial charge on any atom is 0.268 e. The van der Waals surface area contributed by atoms with Gasteiger partial charge in [0.25, 0.3) is 5.88 Å². The Morgan fingerprint density at radius 2 is 2.11 bits per heavy atom. The predicted molar refractivity (Wildman–Crippen MR) is 75.3 cm³/mol. The summed E-state index contributed by atoms with van der Waals surface area (Å²) in [6.45, 7) is 1.94. The van der Waals surface area contributed by atoms with E-state index in [1.165, 1.54) is 13.4 Å². The quantitative estimate of drug-likeness (QED) is 0.664. The molecule has 2 aromatic rings. The first-order valence-electron chi connectivity index (χ1n) is 5.45. The number of hydrazine groups is 1. The number of aryl methyl sites for hydroxylation is 1. The molecule has 0 aliphatic heterocycles. The summed E-state index contributed by atoms with van der Waals surface area (Å²) in [4.78, 5) is 8.00. The predicted octanol–water partition coefficient (Wildman–Crippen LogP) is 2.63. The molecule has 0 unspecified atom stereocenters. The second-order valence-corrected chi connectivity index (χ2v) is 4.63. The molecule has 0 atom stereocenters. The van der Waals surface area contributed by atoms with Crippen LogP contribution in [-0.2, 0) is 0 Å². The lowest BCUT2D eigenvalue weighted by atomic mass is 10.2. The number of nitrogen functional groups attached to an aromatic ring is 1. The zero-order valence-corrected chi connectivity index (χ0v) is 12.1. The van der Waals surface area contributed by atoms with Crippen LogP contribution in [0.2, 0.25) is 0 Å². The third-order valence-electron chi connectivity index (χ3n) is 2.47. The van der Waals surface area contributed by atoms with E-state index < -0.39 is 0 Å². The van der Waals surface area contributed by atoms with Gasteiger partial charge in [0.15, 0.2) is 5.82 Å². The maximum atomic E-state index is 5.75. The summed E-state index contributed by atoms with van der Waals surface area (Å²) in [5.41, 5.74) is 3.41. The van der Waals surface area contributed by atoms with Crippen molar-refractivity contribution in [2.75, 3.05) is 12.5 Å². The largest absolute Gasteiger partial charge is 0.489 e. The van der Waals surface area contributed by atoms with Gasteiger partial charge in [-0.1, -0.05) is 22.0 Å². The van der Waals surface area contributed by atoms with Gasteiger partial charge >= 0.3 is 0 Å². The van der Waals surface area contributed by atoms with E-state index in [0.29, 0.717) is 23.2 Å². The van der Waals surface area contributed by atoms with E-state index in [9.17, 15) is 0 Å². The van der Waals surface area contributed by atoms with E-state index in [2.05, 4.69) is 31.3 Å². The van der Waals surface area contributed by atoms with E-state index in [-0.39, 0.29) is 0 Å². The molecule has 0 saturated heterocycles. The summed E-state index contributed by atoms with van der Waals surface area (Å²) in [5.74, 6) is 7.04. The number of hydrogen-bond acceptors (Lipinski definition) is 6. The van der Waals surface area contributed by atoms with Crippen LogP contribution in [0, 0.1) is 6.92 Å². The summed E-state index contributed by atoms with van der Waals surface area (Å²) in [5, 5.41) is 0. The van der Waals surface area contributed by atoms with Gasteiger partial charge in [-0.15, -0.1) is 0 Å². The molecule has 0 fully saturated rings. The molecule has 0 spiro atoms. The van der Waals surface area contributed by atoms with Crippen molar-refractivity contribution < 1.29 is 9.47 Å². The molecule has 0 aliphatic rings. The van der Waals surface area contributed by atoms with E-state index in [1.54, 1.807) is 0 Å². The summed E-state index contributed by atoms with van der Waals surface area (Å²) < 4.78 is 11.9. The molecule has 2 rings (SSSR count). The van der Waals surface area contributed by atoms with Gasteiger partial charge in [-0.2, -0.15) is 4.98 Å². The minimum absolute atomic E-state index is 0.298. The number of methoxy groups -OCH3 is 1. The molecule has 6 nitrogen and oxygen atoms in total. The van der Waals surface area contributed by atoms with Crippen LogP contribution in [0.1, 0.15) is 5.56 Å². The average molecular weight is 325 g/mol. The van der Waals surface area contributed by atoms with Crippen LogP contribution >= 0.6 is 15.9 Å². The Morgan fingerprint density at radius 3 is 2.79 bits per heavy atom. The van der Waals surface area contributed by atoms with Crippen LogP contribution in [0.25, 0.3) is 0 Å². The van der Waals surface area contributed by atoms with Gasteiger partial charge in [-0.3, -0.25) is 0 Å². The van der Waals surface area contributed by atoms with Crippen LogP contribution in [0.5, 0.6) is 17.4 Å². The molecule has 7 heteroatoms. The first-order valence-corrected chi connectivity index (χ1v) is 6.24. The molecule has 1 heterocycles. The van der Waals surface area contributed by atoms with E-state index >= 15 is 0 Å². The van der Waals surface area contributed by atoms with E-state index in [4.69, 9.17) is 15.3 Å². The third-order valence-corrected chi connectivity index (χ3v) is 2.96. The first kappa shape index (κ1) is 13.6. The number of rotatable bonds is 4. The Bertz CT molecular complexity index is 592. The topological polar surface area (TPSA) is 82.3 Å². The van der Waals surface area contributed by atoms with Gasteiger partial charge in [0, 0.05) is 4.47 Å². The molecule has 1 aromatic heterocycles. The third kappa shape index (κ3) is 2.94. The normalized spacial score (nSPS) is 10.1. The summed E-state index contributed by atoms with van der Waals surface area (Å²) in [6.07, 6.45) is 1.35. The second kappa shape index (κ2) is 5.85. The van der Waals surface area contributed by atoms with E-state index in [0.717, 1.165) is 10.0 Å². The van der Waals surface area contributed by atoms with Crippen molar-refractivity contribution in [3.05, 3.63) is 34.6 Å². The number of nitrogens with zero attached hydrogens (tertiary/aromatic N) is 2. The van der Waals surface area contributed by atoms with Gasteiger partial charge in [0.2, 0.25) is 5.75 Å². The molecular formula is C12H13BrN4O2. The highest BCUT2D eigenvalue weighted by Gasteiger charge is 2.14. The van der Waals surface area contributed by atoms with Crippen LogP contribution in [0.15, 0.2) is 29.0 Å². The maximum absolute atomic E-state index is 5.75. The fourth-order valence-electron chi connectivity index (χ4n) is 1.51. The first-order chi connectivity index (χ1) is 9.15. The number of anilines is 1. The standard InChI is InChI=1S/C12H13BrN4O2/c1-7-3-4-8(13)5-9(7)19-12-10(18-2)11(17-14)15-6-16-12/h3-6H,14H2,1-2H3,(H,15,16,17). The molecule has 0 aliphatic carbocycles. The SMILES string of the molecule is COc1c(NN)ncnc1Oc1cc(Br)ccc1C. The lowest BCUT2D eigenvalue weighted by Crippen LogP contribution is -2.11. The van der Waals surface area contributed by atoms with Gasteiger partial charge in [-0.25, -0.2) is 10.8 Å². The number of nitrogens with two attached hydrogens (primary N) is 1. The van der Waals surface area contributed by atoms with E-state index in [1.807, 2.05) is 25.1 Å². The second-order valence-electron chi connectivity index (χ2n) is 3.72. The van der Waals surface area contributed by atoms with Gasteiger partial charge in [0.05, 0.1) is 7.11 Å². The summed E-state index contributed by atoms with van der Waals surface area (Å²) in [6, 6.07) is 5.73. The highest BCUT2D eigenvalue weighted by Crippen LogP contribution is 2.35. The van der Waals surface area contributed by atoms with Crippen LogP contribution in [0.3, 0.4) is 0 Å². The summed E-state index contributed by atoms with van der Waals surface area (Å²) >= 11 is 3.40. The summed E-state index contributed by atoms with van der Waals surface area (Å²) in [7, 11) is 1.50. The van der Waals surface area contributed by atoms with Crippen molar-refractivity contribution in [1.29, 1.82) is 0 Å². The number of benzene rings is 1. The lowest BCUT2D eigenvalue weighted by molar-refractivity contribution is 0.368. The molecule has 0 bridgehead atoms. The molecule has 0 radical (unpaired) electrons. The minimum atomic E-state index is 0.298. The smallest absolute Gasteiger partial charge is 0.268 e. The van der Waals surface area contributed by atoms with Crippen molar-refractivity contribution >= 4 is 21.7 Å². The zero-order valence-electron chi connectivity index (χ0n) is 10.5. The molecule has 19 heavy (non-hydrogen) atoms. The minimum Gasteiger partial charge on any atom is -0.489 e. The van der Waals surface area contributed by atoms with Gasteiger partial charge in [-0.05, 0) is 24.6 Å². The van der Waals surface area contributed by atoms with Crippen molar-refractivity contribution in [1.82, 2.24) is 9.97 Å². The average Bonchev–Trinajstić information content (AvgIpc) is 2.42. The number of halogens is 1. The number of hydrogen-bond donors (Lipinski definition) is 2. The number of aromatic nitrogens is 2. The fourth-order valence-corrected chi connectivity index (χ4v) is 1.85. The van der Waals surface area contributed by atoms with Gasteiger partial charge in [0.1, 0.15) is 12.1 Å². The number of ether oxygens (including phenoxy) is 2. The highest BCUT2D eigenvalue weighted by molar-refractivity contribution is 9.10. The Kier molecular flexibility index (Phi) is 4.18. The molecule has 3 N–H and O–H groups in total. The Hall–Kier alpha value is -1.86. The molecule has 100 valence electrons. The van der Waals surface area contributed by atoms with Crippen molar-refractivity contribution in [2.24, 2.45) is 5.84 Å². The lowest BCUT2D eigenvalue weighted by Gasteiger charge is -2.13. The Labute approximate surface area is 119 Å². The Morgan fingerprint density at radius 1 is 1.32 bits per heavy atom.